The van der Waals surface area contributed by atoms with Crippen LogP contribution in [0.3, 0.4) is 0 Å². The predicted octanol–water partition coefficient (Wildman–Crippen LogP) is 2.43. The quantitative estimate of drug-likeness (QED) is 0.874. The molecule has 1 unspecified atom stereocenters. The van der Waals surface area contributed by atoms with Crippen molar-refractivity contribution in [1.82, 2.24) is 4.90 Å². The van der Waals surface area contributed by atoms with E-state index in [0.29, 0.717) is 12.2 Å². The van der Waals surface area contributed by atoms with Crippen molar-refractivity contribution in [3.63, 3.8) is 0 Å². The third-order valence-corrected chi connectivity index (χ3v) is 4.09. The number of carboxylic acid groups (broad SMARTS) is 1. The van der Waals surface area contributed by atoms with Gasteiger partial charge in [-0.1, -0.05) is 6.07 Å². The molecule has 0 aliphatic carbocycles. The Morgan fingerprint density at radius 2 is 2.14 bits per heavy atom. The van der Waals surface area contributed by atoms with E-state index in [4.69, 9.17) is 9.47 Å². The molecule has 22 heavy (non-hydrogen) atoms. The summed E-state index contributed by atoms with van der Waals surface area (Å²) in [6.45, 7) is 5.40. The first-order chi connectivity index (χ1) is 10.3. The normalized spacial score (nSPS) is 19.2. The van der Waals surface area contributed by atoms with Crippen molar-refractivity contribution >= 4 is 5.97 Å². The van der Waals surface area contributed by atoms with E-state index in [1.165, 1.54) is 0 Å². The van der Waals surface area contributed by atoms with E-state index in [2.05, 4.69) is 11.9 Å². The van der Waals surface area contributed by atoms with Gasteiger partial charge in [-0.2, -0.15) is 0 Å². The minimum Gasteiger partial charge on any atom is -0.493 e. The van der Waals surface area contributed by atoms with Gasteiger partial charge in [0.25, 0.3) is 0 Å². The Morgan fingerprint density at radius 1 is 1.41 bits per heavy atom. The van der Waals surface area contributed by atoms with Gasteiger partial charge in [0.05, 0.1) is 12.5 Å². The fraction of sp³-hybridized carbons (Fsp3) is 0.588. The molecule has 5 heteroatoms. The topological polar surface area (TPSA) is 59.0 Å². The van der Waals surface area contributed by atoms with E-state index < -0.39 is 11.4 Å². The summed E-state index contributed by atoms with van der Waals surface area (Å²) in [5, 5.41) is 9.24. The molecule has 0 amide bonds. The van der Waals surface area contributed by atoms with Crippen LogP contribution in [-0.2, 0) is 11.2 Å². The lowest BCUT2D eigenvalue weighted by atomic mass is 9.86. The van der Waals surface area contributed by atoms with Crippen molar-refractivity contribution in [3.8, 4) is 11.5 Å². The van der Waals surface area contributed by atoms with Crippen LogP contribution in [0.2, 0.25) is 0 Å². The fourth-order valence-electron chi connectivity index (χ4n) is 2.68. The molecule has 5 nitrogen and oxygen atoms in total. The van der Waals surface area contributed by atoms with Gasteiger partial charge in [-0.3, -0.25) is 4.79 Å². The van der Waals surface area contributed by atoms with Gasteiger partial charge in [0.2, 0.25) is 0 Å². The van der Waals surface area contributed by atoms with Gasteiger partial charge in [0.15, 0.2) is 11.5 Å². The molecule has 1 atom stereocenters. The van der Waals surface area contributed by atoms with Crippen LogP contribution < -0.4 is 9.47 Å². The first-order valence-electron chi connectivity index (χ1n) is 7.57. The number of rotatable bonds is 6. The number of methoxy groups -OCH3 is 1. The van der Waals surface area contributed by atoms with E-state index in [9.17, 15) is 9.90 Å². The lowest BCUT2D eigenvalue weighted by Crippen LogP contribution is -2.26. The molecule has 0 saturated carbocycles. The van der Waals surface area contributed by atoms with Crippen molar-refractivity contribution in [3.05, 3.63) is 23.8 Å². The second-order valence-electron chi connectivity index (χ2n) is 6.64. The summed E-state index contributed by atoms with van der Waals surface area (Å²) in [5.74, 6) is 0.578. The van der Waals surface area contributed by atoms with E-state index >= 15 is 0 Å². The summed E-state index contributed by atoms with van der Waals surface area (Å²) in [6.07, 6.45) is 1.64. The molecule has 1 fully saturated rings. The van der Waals surface area contributed by atoms with Crippen LogP contribution in [-0.4, -0.2) is 49.3 Å². The van der Waals surface area contributed by atoms with Crippen molar-refractivity contribution < 1.29 is 19.4 Å². The van der Waals surface area contributed by atoms with E-state index in [1.54, 1.807) is 21.0 Å². The van der Waals surface area contributed by atoms with Gasteiger partial charge in [0, 0.05) is 13.1 Å². The Kier molecular flexibility index (Phi) is 4.96. The van der Waals surface area contributed by atoms with Crippen LogP contribution in [0.4, 0.5) is 0 Å². The van der Waals surface area contributed by atoms with Crippen molar-refractivity contribution in [2.24, 2.45) is 5.41 Å². The van der Waals surface area contributed by atoms with Gasteiger partial charge in [0.1, 0.15) is 6.10 Å². The molecule has 1 aliphatic heterocycles. The maximum Gasteiger partial charge on any atom is 0.309 e. The maximum atomic E-state index is 11.2. The molecule has 1 saturated heterocycles. The van der Waals surface area contributed by atoms with Crippen LogP contribution in [0.1, 0.15) is 25.8 Å². The predicted molar refractivity (Wildman–Crippen MR) is 84.6 cm³/mol. The SMILES string of the molecule is COc1cc(CC(C)(C)C(=O)O)ccc1OC1CCN(C)C1. The van der Waals surface area contributed by atoms with Crippen molar-refractivity contribution in [1.29, 1.82) is 0 Å². The standard InChI is InChI=1S/C17H25NO4/c1-17(2,16(19)20)10-12-5-6-14(15(9-12)21-4)22-13-7-8-18(3)11-13/h5-6,9,13H,7-8,10-11H2,1-4H3,(H,19,20). The largest absolute Gasteiger partial charge is 0.493 e. The summed E-state index contributed by atoms with van der Waals surface area (Å²) in [7, 11) is 3.69. The summed E-state index contributed by atoms with van der Waals surface area (Å²) in [6, 6.07) is 5.67. The molecule has 122 valence electrons. The first kappa shape index (κ1) is 16.6. The monoisotopic (exact) mass is 307 g/mol. The molecule has 1 aliphatic rings. The minimum atomic E-state index is -0.805. The number of aliphatic carboxylic acids is 1. The van der Waals surface area contributed by atoms with E-state index in [-0.39, 0.29) is 6.10 Å². The minimum absolute atomic E-state index is 0.181. The molecule has 0 bridgehead atoms. The second kappa shape index (κ2) is 6.57. The zero-order valence-electron chi connectivity index (χ0n) is 13.8. The van der Waals surface area contributed by atoms with Crippen LogP contribution >= 0.6 is 0 Å². The number of hydrogen-bond acceptors (Lipinski definition) is 4. The zero-order valence-corrected chi connectivity index (χ0v) is 13.8. The molecule has 1 aromatic rings. The zero-order chi connectivity index (χ0) is 16.3. The highest BCUT2D eigenvalue weighted by atomic mass is 16.5. The highest BCUT2D eigenvalue weighted by molar-refractivity contribution is 5.74. The van der Waals surface area contributed by atoms with Crippen LogP contribution in [0.15, 0.2) is 18.2 Å². The van der Waals surface area contributed by atoms with Gasteiger partial charge in [-0.25, -0.2) is 0 Å². The summed E-state index contributed by atoms with van der Waals surface area (Å²) in [5.41, 5.74) is 0.127. The van der Waals surface area contributed by atoms with Gasteiger partial charge in [-0.05, 0) is 51.4 Å². The van der Waals surface area contributed by atoms with Crippen molar-refractivity contribution in [2.75, 3.05) is 27.2 Å². The molecule has 2 rings (SSSR count). The Morgan fingerprint density at radius 3 is 2.68 bits per heavy atom. The molecule has 1 aromatic carbocycles. The number of hydrogen-bond donors (Lipinski definition) is 1. The summed E-state index contributed by atoms with van der Waals surface area (Å²) < 4.78 is 11.4. The highest BCUT2D eigenvalue weighted by Gasteiger charge is 2.28. The van der Waals surface area contributed by atoms with E-state index in [0.717, 1.165) is 30.8 Å². The highest BCUT2D eigenvalue weighted by Crippen LogP contribution is 2.32. The number of carboxylic acids is 1. The van der Waals surface area contributed by atoms with Gasteiger partial charge >= 0.3 is 5.97 Å². The maximum absolute atomic E-state index is 11.2. The Balaban J connectivity index is 2.12. The second-order valence-corrected chi connectivity index (χ2v) is 6.64. The van der Waals surface area contributed by atoms with Crippen molar-refractivity contribution in [2.45, 2.75) is 32.8 Å². The fourth-order valence-corrected chi connectivity index (χ4v) is 2.68. The Bertz CT molecular complexity index is 541. The molecule has 0 aromatic heterocycles. The third kappa shape index (κ3) is 3.91. The smallest absolute Gasteiger partial charge is 0.309 e. The van der Waals surface area contributed by atoms with Crippen LogP contribution in [0.25, 0.3) is 0 Å². The molecule has 0 spiro atoms. The number of likely N-dealkylation sites (N-methyl/N-ethyl adjacent to an activating group) is 1. The number of carbonyl (C=O) groups is 1. The number of benzene rings is 1. The average molecular weight is 307 g/mol. The summed E-state index contributed by atoms with van der Waals surface area (Å²) >= 11 is 0. The van der Waals surface area contributed by atoms with Crippen LogP contribution in [0, 0.1) is 5.41 Å². The van der Waals surface area contributed by atoms with Gasteiger partial charge in [-0.15, -0.1) is 0 Å². The van der Waals surface area contributed by atoms with Crippen LogP contribution in [0.5, 0.6) is 11.5 Å². The molecule has 1 N–H and O–H groups in total. The lowest BCUT2D eigenvalue weighted by molar-refractivity contribution is -0.146. The number of nitrogens with zero attached hydrogens (tertiary/aromatic N) is 1. The summed E-state index contributed by atoms with van der Waals surface area (Å²) in [4.78, 5) is 13.5. The third-order valence-electron chi connectivity index (χ3n) is 4.09. The number of likely N-dealkylation sites (tertiary alicyclic amines) is 1. The Hall–Kier alpha value is -1.75. The lowest BCUT2D eigenvalue weighted by Gasteiger charge is -2.21. The molecule has 0 radical (unpaired) electrons. The van der Waals surface area contributed by atoms with Gasteiger partial charge < -0.3 is 19.5 Å². The first-order valence-corrected chi connectivity index (χ1v) is 7.57. The number of ether oxygens (including phenoxy) is 2. The molecule has 1 heterocycles. The molecular weight excluding hydrogens is 282 g/mol. The molecular formula is C17H25NO4. The Labute approximate surface area is 131 Å². The average Bonchev–Trinajstić information content (AvgIpc) is 2.85. The van der Waals surface area contributed by atoms with E-state index in [1.807, 2.05) is 18.2 Å².